The molecule has 126 valence electrons. The van der Waals surface area contributed by atoms with E-state index in [2.05, 4.69) is 22.5 Å². The summed E-state index contributed by atoms with van der Waals surface area (Å²) >= 11 is 0. The molecule has 2 unspecified atom stereocenters. The first-order valence-corrected chi connectivity index (χ1v) is 8.11. The second-order valence-electron chi connectivity index (χ2n) is 6.49. The van der Waals surface area contributed by atoms with Crippen molar-refractivity contribution in [2.75, 3.05) is 18.4 Å². The molecule has 0 saturated carbocycles. The quantitative estimate of drug-likeness (QED) is 0.672. The van der Waals surface area contributed by atoms with Crippen LogP contribution < -0.4 is 5.32 Å². The standard InChI is InChI=1S/C18H19N3O2.CH4/c22-16-6-5-13-8-12(9-19-18(13)20-16)4-7-17(23)21-10-14-2-1-3-15(14)11-21;/h1-2,4,7-9,14-15H,3,5-6,10-11H2,(H,19,20,22);1H4/b7-4+;. The van der Waals surface area contributed by atoms with Gasteiger partial charge in [-0.2, -0.15) is 0 Å². The van der Waals surface area contributed by atoms with Gasteiger partial charge in [-0.3, -0.25) is 9.59 Å². The summed E-state index contributed by atoms with van der Waals surface area (Å²) < 4.78 is 0. The van der Waals surface area contributed by atoms with Crippen molar-refractivity contribution < 1.29 is 9.59 Å². The van der Waals surface area contributed by atoms with E-state index in [1.54, 1.807) is 12.3 Å². The lowest BCUT2D eigenvalue weighted by atomic mass is 10.0. The molecule has 1 aliphatic carbocycles. The van der Waals surface area contributed by atoms with Gasteiger partial charge in [0.15, 0.2) is 0 Å². The molecular weight excluding hydrogens is 302 g/mol. The third-order valence-electron chi connectivity index (χ3n) is 4.91. The molecule has 0 aromatic carbocycles. The van der Waals surface area contributed by atoms with Crippen molar-refractivity contribution in [1.82, 2.24) is 9.88 Å². The lowest BCUT2D eigenvalue weighted by Crippen LogP contribution is -2.27. The molecule has 2 aliphatic heterocycles. The third kappa shape index (κ3) is 3.11. The highest BCUT2D eigenvalue weighted by Crippen LogP contribution is 2.32. The third-order valence-corrected chi connectivity index (χ3v) is 4.91. The van der Waals surface area contributed by atoms with Gasteiger partial charge in [0.25, 0.3) is 0 Å². The normalized spacial score (nSPS) is 24.5. The second-order valence-corrected chi connectivity index (χ2v) is 6.49. The Hall–Kier alpha value is -2.43. The van der Waals surface area contributed by atoms with Crippen molar-refractivity contribution in [3.05, 3.63) is 41.6 Å². The van der Waals surface area contributed by atoms with Crippen LogP contribution in [0.15, 0.2) is 30.5 Å². The van der Waals surface area contributed by atoms with E-state index in [0.717, 1.165) is 30.6 Å². The zero-order valence-electron chi connectivity index (χ0n) is 12.9. The molecule has 3 heterocycles. The van der Waals surface area contributed by atoms with Gasteiger partial charge >= 0.3 is 0 Å². The molecule has 1 aromatic heterocycles. The minimum absolute atomic E-state index is 0. The second kappa shape index (κ2) is 6.59. The molecule has 24 heavy (non-hydrogen) atoms. The first kappa shape index (κ1) is 16.4. The van der Waals surface area contributed by atoms with Gasteiger partial charge in [0.05, 0.1) is 0 Å². The average molecular weight is 325 g/mol. The maximum absolute atomic E-state index is 12.3. The molecule has 1 aromatic rings. The van der Waals surface area contributed by atoms with Crippen LogP contribution in [0.4, 0.5) is 5.82 Å². The topological polar surface area (TPSA) is 62.3 Å². The Labute approximate surface area is 142 Å². The van der Waals surface area contributed by atoms with E-state index in [4.69, 9.17) is 0 Å². The Morgan fingerprint density at radius 1 is 1.33 bits per heavy atom. The van der Waals surface area contributed by atoms with E-state index in [9.17, 15) is 9.59 Å². The highest BCUT2D eigenvalue weighted by molar-refractivity contribution is 5.94. The van der Waals surface area contributed by atoms with Gasteiger partial charge in [-0.1, -0.05) is 19.6 Å². The molecule has 1 N–H and O–H groups in total. The number of carbonyl (C=O) groups excluding carboxylic acids is 2. The van der Waals surface area contributed by atoms with Crippen LogP contribution in [0.1, 0.15) is 31.4 Å². The number of fused-ring (bicyclic) bond motifs is 2. The smallest absolute Gasteiger partial charge is 0.246 e. The van der Waals surface area contributed by atoms with Gasteiger partial charge in [0.1, 0.15) is 5.82 Å². The zero-order valence-corrected chi connectivity index (χ0v) is 12.9. The number of amides is 2. The Kier molecular flexibility index (Phi) is 4.51. The first-order valence-electron chi connectivity index (χ1n) is 8.11. The van der Waals surface area contributed by atoms with Crippen molar-refractivity contribution >= 4 is 23.7 Å². The molecule has 5 nitrogen and oxygen atoms in total. The molecule has 2 atom stereocenters. The summed E-state index contributed by atoms with van der Waals surface area (Å²) in [5.74, 6) is 1.88. The maximum atomic E-state index is 12.3. The van der Waals surface area contributed by atoms with Crippen LogP contribution in [-0.2, 0) is 16.0 Å². The number of anilines is 1. The average Bonchev–Trinajstić information content (AvgIpc) is 3.14. The van der Waals surface area contributed by atoms with Gasteiger partial charge in [0.2, 0.25) is 11.8 Å². The van der Waals surface area contributed by atoms with Gasteiger partial charge in [-0.25, -0.2) is 4.98 Å². The van der Waals surface area contributed by atoms with Crippen LogP contribution in [-0.4, -0.2) is 34.8 Å². The van der Waals surface area contributed by atoms with Crippen molar-refractivity contribution in [2.45, 2.75) is 26.7 Å². The summed E-state index contributed by atoms with van der Waals surface area (Å²) in [5, 5.41) is 2.76. The van der Waals surface area contributed by atoms with E-state index < -0.39 is 0 Å². The molecular formula is C19H23N3O2. The fraction of sp³-hybridized carbons (Fsp3) is 0.421. The number of pyridine rings is 1. The van der Waals surface area contributed by atoms with E-state index >= 15 is 0 Å². The molecule has 3 aliphatic rings. The monoisotopic (exact) mass is 325 g/mol. The number of likely N-dealkylation sites (tertiary alicyclic amines) is 1. The Balaban J connectivity index is 0.00000169. The number of aryl methyl sites for hydroxylation is 1. The highest BCUT2D eigenvalue weighted by atomic mass is 16.2. The van der Waals surface area contributed by atoms with E-state index in [0.29, 0.717) is 30.5 Å². The van der Waals surface area contributed by atoms with Crippen LogP contribution in [0, 0.1) is 11.8 Å². The van der Waals surface area contributed by atoms with E-state index in [1.807, 2.05) is 17.0 Å². The summed E-state index contributed by atoms with van der Waals surface area (Å²) in [4.78, 5) is 29.9. The predicted molar refractivity (Wildman–Crippen MR) is 94.3 cm³/mol. The zero-order chi connectivity index (χ0) is 15.8. The summed E-state index contributed by atoms with van der Waals surface area (Å²) in [6, 6.07) is 1.99. The molecule has 4 rings (SSSR count). The lowest BCUT2D eigenvalue weighted by Gasteiger charge is -2.16. The highest BCUT2D eigenvalue weighted by Gasteiger charge is 2.34. The van der Waals surface area contributed by atoms with Crippen molar-refractivity contribution in [1.29, 1.82) is 0 Å². The number of hydrogen-bond acceptors (Lipinski definition) is 3. The number of nitrogens with zero attached hydrogens (tertiary/aromatic N) is 2. The van der Waals surface area contributed by atoms with Crippen LogP contribution in [0.25, 0.3) is 6.08 Å². The van der Waals surface area contributed by atoms with Crippen LogP contribution in [0.3, 0.4) is 0 Å². The molecule has 5 heteroatoms. The predicted octanol–water partition coefficient (Wildman–Crippen LogP) is 2.65. The molecule has 0 spiro atoms. The number of hydrogen-bond donors (Lipinski definition) is 1. The Morgan fingerprint density at radius 2 is 2.21 bits per heavy atom. The SMILES string of the molecule is C.O=C1CCc2cc(/C=C/C(=O)N3CC4C=CCC4C3)cnc2N1. The van der Waals surface area contributed by atoms with Crippen LogP contribution in [0.5, 0.6) is 0 Å². The summed E-state index contributed by atoms with van der Waals surface area (Å²) in [6.45, 7) is 1.69. The number of carbonyl (C=O) groups is 2. The molecule has 0 radical (unpaired) electrons. The lowest BCUT2D eigenvalue weighted by molar-refractivity contribution is -0.125. The van der Waals surface area contributed by atoms with E-state index in [-0.39, 0.29) is 19.2 Å². The number of rotatable bonds is 2. The fourth-order valence-electron chi connectivity index (χ4n) is 3.61. The van der Waals surface area contributed by atoms with Gasteiger partial charge < -0.3 is 10.2 Å². The van der Waals surface area contributed by atoms with Crippen molar-refractivity contribution in [3.8, 4) is 0 Å². The minimum atomic E-state index is 0. The van der Waals surface area contributed by atoms with Crippen molar-refractivity contribution in [3.63, 3.8) is 0 Å². The first-order chi connectivity index (χ1) is 11.2. The van der Waals surface area contributed by atoms with Gasteiger partial charge in [0, 0.05) is 31.8 Å². The number of allylic oxidation sites excluding steroid dienone is 1. The Bertz CT molecular complexity index is 723. The molecule has 0 bridgehead atoms. The largest absolute Gasteiger partial charge is 0.338 e. The summed E-state index contributed by atoms with van der Waals surface area (Å²) in [7, 11) is 0. The number of nitrogens with one attached hydrogen (secondary N) is 1. The van der Waals surface area contributed by atoms with Crippen LogP contribution in [0.2, 0.25) is 0 Å². The maximum Gasteiger partial charge on any atom is 0.246 e. The van der Waals surface area contributed by atoms with Crippen molar-refractivity contribution in [2.24, 2.45) is 11.8 Å². The fourth-order valence-corrected chi connectivity index (χ4v) is 3.61. The summed E-state index contributed by atoms with van der Waals surface area (Å²) in [5.41, 5.74) is 1.92. The van der Waals surface area contributed by atoms with E-state index in [1.165, 1.54) is 0 Å². The van der Waals surface area contributed by atoms with Crippen LogP contribution >= 0.6 is 0 Å². The Morgan fingerprint density at radius 3 is 3.04 bits per heavy atom. The molecule has 1 fully saturated rings. The number of aromatic nitrogens is 1. The minimum Gasteiger partial charge on any atom is -0.338 e. The van der Waals surface area contributed by atoms with Gasteiger partial charge in [-0.15, -0.1) is 0 Å². The molecule has 1 saturated heterocycles. The summed E-state index contributed by atoms with van der Waals surface area (Å²) in [6.07, 6.45) is 11.9. The molecule has 2 amide bonds. The van der Waals surface area contributed by atoms with Gasteiger partial charge in [-0.05, 0) is 47.9 Å².